The predicted molar refractivity (Wildman–Crippen MR) is 141 cm³/mol. The molecule has 8 nitrogen and oxygen atoms in total. The number of aliphatic hydroxyl groups excluding tert-OH is 1. The van der Waals surface area contributed by atoms with Crippen LogP contribution in [0.25, 0.3) is 0 Å². The van der Waals surface area contributed by atoms with Gasteiger partial charge in [-0.1, -0.05) is 18.9 Å². The van der Waals surface area contributed by atoms with Gasteiger partial charge in [0.05, 0.1) is 22.3 Å². The first-order chi connectivity index (χ1) is 17.3. The molecular weight excluding hydrogens is 476 g/mol. The third kappa shape index (κ3) is 5.22. The van der Waals surface area contributed by atoms with Crippen LogP contribution < -0.4 is 15.5 Å². The Morgan fingerprint density at radius 3 is 2.53 bits per heavy atom. The van der Waals surface area contributed by atoms with Crippen LogP contribution in [0.4, 0.5) is 17.3 Å². The zero-order valence-electron chi connectivity index (χ0n) is 20.9. The average Bonchev–Trinajstić information content (AvgIpc) is 3.38. The summed E-state index contributed by atoms with van der Waals surface area (Å²) in [5.74, 6) is 0.911. The van der Waals surface area contributed by atoms with Gasteiger partial charge in [-0.3, -0.25) is 4.79 Å². The van der Waals surface area contributed by atoms with E-state index in [9.17, 15) is 18.3 Å². The van der Waals surface area contributed by atoms with Gasteiger partial charge in [-0.15, -0.1) is 0 Å². The molecule has 2 aromatic rings. The lowest BCUT2D eigenvalue weighted by Crippen LogP contribution is -2.36. The quantitative estimate of drug-likeness (QED) is 0.485. The van der Waals surface area contributed by atoms with Crippen LogP contribution in [0.15, 0.2) is 41.3 Å². The van der Waals surface area contributed by atoms with Crippen LogP contribution >= 0.6 is 0 Å². The average molecular weight is 513 g/mol. The van der Waals surface area contributed by atoms with Gasteiger partial charge in [0.2, 0.25) is 0 Å². The Morgan fingerprint density at radius 2 is 1.86 bits per heavy atom. The fourth-order valence-electron chi connectivity index (χ4n) is 5.46. The Balaban J connectivity index is 1.39. The minimum absolute atomic E-state index is 0.0222. The van der Waals surface area contributed by atoms with Gasteiger partial charge >= 0.3 is 0 Å². The molecule has 1 atom stereocenters. The molecule has 3 fully saturated rings. The number of carbonyl (C=O) groups is 1. The Morgan fingerprint density at radius 1 is 1.14 bits per heavy atom. The van der Waals surface area contributed by atoms with Crippen molar-refractivity contribution in [2.24, 2.45) is 5.41 Å². The molecule has 3 aliphatic rings. The number of benzene rings is 1. The number of carbonyl (C=O) groups excluding carboxylic acids is 1. The van der Waals surface area contributed by atoms with Crippen LogP contribution in [0.5, 0.6) is 0 Å². The molecule has 36 heavy (non-hydrogen) atoms. The van der Waals surface area contributed by atoms with Crippen molar-refractivity contribution in [1.82, 2.24) is 4.98 Å². The van der Waals surface area contributed by atoms with E-state index in [1.807, 2.05) is 6.92 Å². The molecule has 1 amide bonds. The molecule has 2 saturated carbocycles. The molecule has 1 unspecified atom stereocenters. The van der Waals surface area contributed by atoms with Crippen molar-refractivity contribution < 1.29 is 18.3 Å². The Hall–Kier alpha value is -2.65. The summed E-state index contributed by atoms with van der Waals surface area (Å²) in [6.07, 6.45) is 8.05. The fourth-order valence-corrected chi connectivity index (χ4v) is 7.35. The zero-order valence-corrected chi connectivity index (χ0v) is 21.7. The number of amides is 1. The van der Waals surface area contributed by atoms with E-state index in [1.54, 1.807) is 36.4 Å². The summed E-state index contributed by atoms with van der Waals surface area (Å²) in [5, 5.41) is 15.2. The first-order valence-corrected chi connectivity index (χ1v) is 14.6. The van der Waals surface area contributed by atoms with Gasteiger partial charge in [-0.2, -0.15) is 0 Å². The van der Waals surface area contributed by atoms with Crippen LogP contribution in [0.2, 0.25) is 0 Å². The van der Waals surface area contributed by atoms with Gasteiger partial charge in [0.1, 0.15) is 11.6 Å². The number of pyridine rings is 1. The summed E-state index contributed by atoms with van der Waals surface area (Å²) in [7, 11) is -3.41. The van der Waals surface area contributed by atoms with Crippen LogP contribution in [-0.2, 0) is 9.84 Å². The number of anilines is 3. The lowest BCUT2D eigenvalue weighted by Gasteiger charge is -2.34. The number of hydrogen-bond acceptors (Lipinski definition) is 7. The molecule has 1 aliphatic heterocycles. The Labute approximate surface area is 213 Å². The monoisotopic (exact) mass is 512 g/mol. The Kier molecular flexibility index (Phi) is 6.96. The van der Waals surface area contributed by atoms with E-state index in [2.05, 4.69) is 15.5 Å². The molecule has 2 aliphatic carbocycles. The minimum Gasteiger partial charge on any atom is -0.394 e. The first kappa shape index (κ1) is 25.0. The van der Waals surface area contributed by atoms with Crippen LogP contribution in [0.1, 0.15) is 68.6 Å². The number of hydrogen-bond donors (Lipinski definition) is 3. The zero-order chi connectivity index (χ0) is 25.3. The lowest BCUT2D eigenvalue weighted by molar-refractivity contribution is 0.102. The standard InChI is InChI=1S/C27H36N4O4S/c1-19(18-32)28-24-10-9-23(25(30-24)31-15-13-27(11-12-27)14-16-31)26(33)29-20-5-4-8-22(17-20)36(34,35)21-6-2-3-7-21/h4-5,8-10,17,19,21,32H,2-3,6-7,11-16,18H2,1H3,(H,28,30)(H,29,33). The van der Waals surface area contributed by atoms with Crippen molar-refractivity contribution in [3.63, 3.8) is 0 Å². The van der Waals surface area contributed by atoms with E-state index >= 15 is 0 Å². The molecule has 1 spiro atoms. The van der Waals surface area contributed by atoms with Gasteiger partial charge in [-0.25, -0.2) is 13.4 Å². The van der Waals surface area contributed by atoms with E-state index in [4.69, 9.17) is 4.98 Å². The van der Waals surface area contributed by atoms with Crippen molar-refractivity contribution in [3.05, 3.63) is 42.0 Å². The molecule has 1 saturated heterocycles. The van der Waals surface area contributed by atoms with Crippen molar-refractivity contribution in [2.75, 3.05) is 35.2 Å². The normalized spacial score (nSPS) is 20.3. The molecule has 1 aromatic carbocycles. The van der Waals surface area contributed by atoms with Gasteiger partial charge in [0.15, 0.2) is 9.84 Å². The SMILES string of the molecule is CC(CO)Nc1ccc(C(=O)Nc2cccc(S(=O)(=O)C3CCCC3)c2)c(N2CCC3(CC2)CC3)n1. The number of nitrogens with one attached hydrogen (secondary N) is 2. The lowest BCUT2D eigenvalue weighted by atomic mass is 9.93. The molecule has 0 radical (unpaired) electrons. The molecule has 2 heterocycles. The van der Waals surface area contributed by atoms with E-state index < -0.39 is 9.84 Å². The van der Waals surface area contributed by atoms with Crippen LogP contribution in [0, 0.1) is 5.41 Å². The van der Waals surface area contributed by atoms with Gasteiger partial charge in [0, 0.05) is 24.8 Å². The van der Waals surface area contributed by atoms with Crippen molar-refractivity contribution >= 4 is 33.1 Å². The summed E-state index contributed by atoms with van der Waals surface area (Å²) >= 11 is 0. The highest BCUT2D eigenvalue weighted by molar-refractivity contribution is 7.92. The van der Waals surface area contributed by atoms with E-state index in [0.717, 1.165) is 38.8 Å². The maximum atomic E-state index is 13.4. The first-order valence-electron chi connectivity index (χ1n) is 13.1. The molecule has 9 heteroatoms. The largest absolute Gasteiger partial charge is 0.394 e. The molecule has 1 aromatic heterocycles. The number of aromatic nitrogens is 1. The van der Waals surface area contributed by atoms with Crippen molar-refractivity contribution in [2.45, 2.75) is 74.5 Å². The summed E-state index contributed by atoms with van der Waals surface area (Å²) in [6.45, 7) is 3.54. The number of sulfone groups is 1. The van der Waals surface area contributed by atoms with Crippen molar-refractivity contribution in [1.29, 1.82) is 0 Å². The smallest absolute Gasteiger partial charge is 0.259 e. The third-order valence-electron chi connectivity index (χ3n) is 8.03. The summed E-state index contributed by atoms with van der Waals surface area (Å²) in [5.41, 5.74) is 1.40. The third-order valence-corrected chi connectivity index (χ3v) is 10.3. The summed E-state index contributed by atoms with van der Waals surface area (Å²) in [6, 6.07) is 9.92. The maximum Gasteiger partial charge on any atom is 0.259 e. The second-order valence-corrected chi connectivity index (χ2v) is 12.9. The van der Waals surface area contributed by atoms with Crippen LogP contribution in [0.3, 0.4) is 0 Å². The van der Waals surface area contributed by atoms with Crippen LogP contribution in [-0.4, -0.2) is 55.4 Å². The predicted octanol–water partition coefficient (Wildman–Crippen LogP) is 4.22. The highest BCUT2D eigenvalue weighted by Gasteiger charge is 2.45. The molecular formula is C27H36N4O4S. The molecule has 194 valence electrons. The van der Waals surface area contributed by atoms with Gasteiger partial charge in [-0.05, 0) is 81.2 Å². The van der Waals surface area contributed by atoms with E-state index in [1.165, 1.54) is 12.8 Å². The van der Waals surface area contributed by atoms with Crippen molar-refractivity contribution in [3.8, 4) is 0 Å². The highest BCUT2D eigenvalue weighted by atomic mass is 32.2. The molecule has 3 N–H and O–H groups in total. The minimum atomic E-state index is -3.41. The highest BCUT2D eigenvalue weighted by Crippen LogP contribution is 2.54. The van der Waals surface area contributed by atoms with Gasteiger partial charge in [0.25, 0.3) is 5.91 Å². The topological polar surface area (TPSA) is 112 Å². The second-order valence-electron chi connectivity index (χ2n) is 10.7. The maximum absolute atomic E-state index is 13.4. The fraction of sp³-hybridized carbons (Fsp3) is 0.556. The number of nitrogens with zero attached hydrogens (tertiary/aromatic N) is 2. The number of rotatable bonds is 8. The molecule has 5 rings (SSSR count). The number of aliphatic hydroxyl groups is 1. The van der Waals surface area contributed by atoms with E-state index in [0.29, 0.717) is 41.1 Å². The number of piperidine rings is 1. The van der Waals surface area contributed by atoms with E-state index in [-0.39, 0.29) is 28.7 Å². The summed E-state index contributed by atoms with van der Waals surface area (Å²) < 4.78 is 26.1. The Bertz CT molecular complexity index is 1210. The van der Waals surface area contributed by atoms with Gasteiger partial charge < -0.3 is 20.6 Å². The molecule has 0 bridgehead atoms. The summed E-state index contributed by atoms with van der Waals surface area (Å²) in [4.78, 5) is 20.6. The second kappa shape index (κ2) is 10.0.